The first-order chi connectivity index (χ1) is 8.31. The van der Waals surface area contributed by atoms with Gasteiger partial charge in [-0.1, -0.05) is 20.8 Å². The van der Waals surface area contributed by atoms with Crippen LogP contribution in [-0.4, -0.2) is 14.5 Å². The largest absolute Gasteiger partial charge is 0.464 e. The summed E-state index contributed by atoms with van der Waals surface area (Å²) in [5.41, 5.74) is 5.44. The number of nitrogens with one attached hydrogen (secondary N) is 1. The highest BCUT2D eigenvalue weighted by molar-refractivity contribution is 7.89. The highest BCUT2D eigenvalue weighted by Gasteiger charge is 2.25. The van der Waals surface area contributed by atoms with Gasteiger partial charge in [0.15, 0.2) is 0 Å². The molecule has 104 valence electrons. The van der Waals surface area contributed by atoms with Crippen LogP contribution in [0.5, 0.6) is 0 Å². The van der Waals surface area contributed by atoms with Crippen LogP contribution in [0.3, 0.4) is 0 Å². The molecule has 0 saturated heterocycles. The molecule has 1 heterocycles. The molecular weight excluding hydrogens is 252 g/mol. The van der Waals surface area contributed by atoms with Crippen molar-refractivity contribution >= 4 is 10.0 Å². The quantitative estimate of drug-likeness (QED) is 0.827. The third-order valence-electron chi connectivity index (χ3n) is 2.97. The predicted octanol–water partition coefficient (Wildman–Crippen LogP) is 1.76. The Kier molecular flexibility index (Phi) is 4.95. The highest BCUT2D eigenvalue weighted by Crippen LogP contribution is 2.21. The molecule has 0 saturated carbocycles. The number of hydrogen-bond donors (Lipinski definition) is 2. The molecule has 0 radical (unpaired) electrons. The topological polar surface area (TPSA) is 85.3 Å². The van der Waals surface area contributed by atoms with Crippen molar-refractivity contribution in [2.24, 2.45) is 11.7 Å². The number of hydrogen-bond acceptors (Lipinski definition) is 4. The van der Waals surface area contributed by atoms with E-state index in [4.69, 9.17) is 10.2 Å². The maximum atomic E-state index is 12.2. The summed E-state index contributed by atoms with van der Waals surface area (Å²) in [5.74, 6) is 1.10. The molecule has 18 heavy (non-hydrogen) atoms. The van der Waals surface area contributed by atoms with Gasteiger partial charge in [-0.25, -0.2) is 13.1 Å². The summed E-state index contributed by atoms with van der Waals surface area (Å²) in [7, 11) is -3.54. The third kappa shape index (κ3) is 3.34. The van der Waals surface area contributed by atoms with Gasteiger partial charge in [0.2, 0.25) is 10.0 Å². The second-order valence-electron chi connectivity index (χ2n) is 4.72. The molecule has 6 heteroatoms. The Labute approximate surface area is 109 Å². The van der Waals surface area contributed by atoms with Gasteiger partial charge in [-0.3, -0.25) is 0 Å². The van der Waals surface area contributed by atoms with E-state index in [-0.39, 0.29) is 23.4 Å². The Morgan fingerprint density at radius 1 is 1.44 bits per heavy atom. The SMILES string of the molecule is CCC(NS(=O)(=O)c1cc(CN)oc1C)C(C)C. The number of furan rings is 1. The van der Waals surface area contributed by atoms with Crippen LogP contribution in [0.4, 0.5) is 0 Å². The molecule has 0 spiro atoms. The number of rotatable bonds is 6. The van der Waals surface area contributed by atoms with Gasteiger partial charge in [0.1, 0.15) is 16.4 Å². The van der Waals surface area contributed by atoms with Gasteiger partial charge in [0.25, 0.3) is 0 Å². The molecule has 1 rings (SSSR count). The number of aryl methyl sites for hydroxylation is 1. The molecule has 0 aliphatic heterocycles. The van der Waals surface area contributed by atoms with Crippen LogP contribution in [0.15, 0.2) is 15.4 Å². The summed E-state index contributed by atoms with van der Waals surface area (Å²) in [6, 6.07) is 1.41. The molecular formula is C12H22N2O3S. The lowest BCUT2D eigenvalue weighted by Gasteiger charge is -2.20. The average molecular weight is 274 g/mol. The Morgan fingerprint density at radius 2 is 2.06 bits per heavy atom. The Bertz CT molecular complexity index is 491. The van der Waals surface area contributed by atoms with E-state index in [1.165, 1.54) is 6.07 Å². The van der Waals surface area contributed by atoms with E-state index in [1.807, 2.05) is 20.8 Å². The molecule has 0 aromatic carbocycles. The summed E-state index contributed by atoms with van der Waals surface area (Å²) in [4.78, 5) is 0.182. The van der Waals surface area contributed by atoms with E-state index in [9.17, 15) is 8.42 Å². The Balaban J connectivity index is 3.02. The van der Waals surface area contributed by atoms with Crippen molar-refractivity contribution in [2.75, 3.05) is 0 Å². The van der Waals surface area contributed by atoms with E-state index < -0.39 is 10.0 Å². The zero-order valence-corrected chi connectivity index (χ0v) is 12.2. The molecule has 0 amide bonds. The fourth-order valence-corrected chi connectivity index (χ4v) is 3.52. The standard InChI is InChI=1S/C12H22N2O3S/c1-5-11(8(2)3)14-18(15,16)12-6-10(7-13)17-9(12)4/h6,8,11,14H,5,7,13H2,1-4H3. The second kappa shape index (κ2) is 5.86. The molecule has 0 bridgehead atoms. The van der Waals surface area contributed by atoms with Crippen molar-refractivity contribution in [2.45, 2.75) is 51.6 Å². The van der Waals surface area contributed by atoms with Crippen LogP contribution >= 0.6 is 0 Å². The van der Waals surface area contributed by atoms with Crippen LogP contribution in [0, 0.1) is 12.8 Å². The molecule has 0 fully saturated rings. The van der Waals surface area contributed by atoms with Crippen LogP contribution in [0.1, 0.15) is 38.7 Å². The maximum Gasteiger partial charge on any atom is 0.244 e. The molecule has 0 aliphatic carbocycles. The molecule has 5 nitrogen and oxygen atoms in total. The van der Waals surface area contributed by atoms with Gasteiger partial charge in [-0.15, -0.1) is 0 Å². The summed E-state index contributed by atoms with van der Waals surface area (Å²) in [6.45, 7) is 7.76. The summed E-state index contributed by atoms with van der Waals surface area (Å²) in [6.07, 6.45) is 0.748. The van der Waals surface area contributed by atoms with Gasteiger partial charge in [-0.05, 0) is 19.3 Å². The lowest BCUT2D eigenvalue weighted by Crippen LogP contribution is -2.38. The minimum absolute atomic E-state index is 0.0781. The highest BCUT2D eigenvalue weighted by atomic mass is 32.2. The zero-order valence-electron chi connectivity index (χ0n) is 11.4. The first kappa shape index (κ1) is 15.2. The normalized spacial score (nSPS) is 14.1. The van der Waals surface area contributed by atoms with Gasteiger partial charge in [0.05, 0.1) is 6.54 Å². The van der Waals surface area contributed by atoms with E-state index in [2.05, 4.69) is 4.72 Å². The summed E-state index contributed by atoms with van der Waals surface area (Å²) in [5, 5.41) is 0. The number of sulfonamides is 1. The second-order valence-corrected chi connectivity index (χ2v) is 6.40. The van der Waals surface area contributed by atoms with E-state index >= 15 is 0 Å². The van der Waals surface area contributed by atoms with E-state index in [0.717, 1.165) is 6.42 Å². The molecule has 1 aromatic heterocycles. The summed E-state index contributed by atoms with van der Waals surface area (Å²) < 4.78 is 32.5. The zero-order chi connectivity index (χ0) is 13.9. The monoisotopic (exact) mass is 274 g/mol. The van der Waals surface area contributed by atoms with Crippen molar-refractivity contribution in [3.05, 3.63) is 17.6 Å². The molecule has 1 unspecified atom stereocenters. The summed E-state index contributed by atoms with van der Waals surface area (Å²) >= 11 is 0. The van der Waals surface area contributed by atoms with Crippen LogP contribution in [-0.2, 0) is 16.6 Å². The van der Waals surface area contributed by atoms with Crippen molar-refractivity contribution in [1.29, 1.82) is 0 Å². The first-order valence-corrected chi connectivity index (χ1v) is 7.61. The smallest absolute Gasteiger partial charge is 0.244 e. The van der Waals surface area contributed by atoms with Crippen molar-refractivity contribution < 1.29 is 12.8 Å². The van der Waals surface area contributed by atoms with Crippen molar-refractivity contribution in [1.82, 2.24) is 4.72 Å². The Morgan fingerprint density at radius 3 is 2.44 bits per heavy atom. The van der Waals surface area contributed by atoms with Crippen molar-refractivity contribution in [3.8, 4) is 0 Å². The van der Waals surface area contributed by atoms with Gasteiger partial charge in [0, 0.05) is 12.1 Å². The number of nitrogens with two attached hydrogens (primary N) is 1. The molecule has 3 N–H and O–H groups in total. The van der Waals surface area contributed by atoms with Gasteiger partial charge in [-0.2, -0.15) is 0 Å². The predicted molar refractivity (Wildman–Crippen MR) is 70.6 cm³/mol. The van der Waals surface area contributed by atoms with Crippen LogP contribution in [0.2, 0.25) is 0 Å². The first-order valence-electron chi connectivity index (χ1n) is 6.13. The fraction of sp³-hybridized carbons (Fsp3) is 0.667. The lowest BCUT2D eigenvalue weighted by molar-refractivity contribution is 0.435. The average Bonchev–Trinajstić information content (AvgIpc) is 2.68. The molecule has 0 aliphatic rings. The maximum absolute atomic E-state index is 12.2. The van der Waals surface area contributed by atoms with Gasteiger partial charge >= 0.3 is 0 Å². The van der Waals surface area contributed by atoms with E-state index in [1.54, 1.807) is 6.92 Å². The van der Waals surface area contributed by atoms with Gasteiger partial charge < -0.3 is 10.2 Å². The lowest BCUT2D eigenvalue weighted by atomic mass is 10.0. The molecule has 1 atom stereocenters. The Hall–Kier alpha value is -0.850. The van der Waals surface area contributed by atoms with Crippen molar-refractivity contribution in [3.63, 3.8) is 0 Å². The van der Waals surface area contributed by atoms with Crippen LogP contribution in [0.25, 0.3) is 0 Å². The van der Waals surface area contributed by atoms with E-state index in [0.29, 0.717) is 11.5 Å². The minimum Gasteiger partial charge on any atom is -0.464 e. The van der Waals surface area contributed by atoms with Crippen LogP contribution < -0.4 is 10.5 Å². The third-order valence-corrected chi connectivity index (χ3v) is 4.56. The fourth-order valence-electron chi connectivity index (χ4n) is 1.85. The minimum atomic E-state index is -3.54. The molecule has 1 aromatic rings.